The lowest BCUT2D eigenvalue weighted by atomic mass is 10.1. The van der Waals surface area contributed by atoms with Crippen LogP contribution < -0.4 is 10.1 Å². The van der Waals surface area contributed by atoms with Crippen molar-refractivity contribution in [1.29, 1.82) is 0 Å². The fraction of sp³-hybridized carbons (Fsp3) is 0.375. The van der Waals surface area contributed by atoms with Crippen LogP contribution in [0.1, 0.15) is 18.5 Å². The molecule has 0 atom stereocenters. The number of likely N-dealkylation sites (N-methyl/N-ethyl adjacent to an activating group) is 1. The van der Waals surface area contributed by atoms with Crippen molar-refractivity contribution in [2.45, 2.75) is 25.3 Å². The van der Waals surface area contributed by atoms with E-state index in [1.165, 1.54) is 12.8 Å². The normalized spacial score (nSPS) is 15.9. The van der Waals surface area contributed by atoms with Gasteiger partial charge in [0.05, 0.1) is 11.7 Å². The van der Waals surface area contributed by atoms with Crippen molar-refractivity contribution in [2.75, 3.05) is 13.7 Å². The largest absolute Gasteiger partial charge is 0.490 e. The number of ether oxygens (including phenoxy) is 1. The van der Waals surface area contributed by atoms with Gasteiger partial charge < -0.3 is 10.1 Å². The quantitative estimate of drug-likeness (QED) is 0.906. The molecule has 0 unspecified atom stereocenters. The molecular formula is C16H19N3O. The van der Waals surface area contributed by atoms with Crippen LogP contribution in [-0.2, 0) is 0 Å². The fourth-order valence-corrected chi connectivity index (χ4v) is 2.25. The highest BCUT2D eigenvalue weighted by molar-refractivity contribution is 5.66. The molecule has 3 rings (SSSR count). The Morgan fingerprint density at radius 3 is 2.85 bits per heavy atom. The second kappa shape index (κ2) is 5.21. The van der Waals surface area contributed by atoms with Gasteiger partial charge in [-0.2, -0.15) is 0 Å². The van der Waals surface area contributed by atoms with Crippen LogP contribution in [0.25, 0.3) is 11.1 Å². The molecule has 0 amide bonds. The second-order valence-electron chi connectivity index (χ2n) is 5.36. The minimum absolute atomic E-state index is 0.180. The molecule has 0 aliphatic heterocycles. The number of hydrogen-bond donors (Lipinski definition) is 1. The molecule has 0 radical (unpaired) electrons. The lowest BCUT2D eigenvalue weighted by Crippen LogP contribution is -2.33. The molecule has 1 fully saturated rings. The topological polar surface area (TPSA) is 47.0 Å². The van der Waals surface area contributed by atoms with Crippen LogP contribution in [0.3, 0.4) is 0 Å². The van der Waals surface area contributed by atoms with E-state index in [9.17, 15) is 0 Å². The molecule has 20 heavy (non-hydrogen) atoms. The van der Waals surface area contributed by atoms with Crippen LogP contribution in [0.5, 0.6) is 5.75 Å². The van der Waals surface area contributed by atoms with E-state index in [2.05, 4.69) is 15.3 Å². The monoisotopic (exact) mass is 269 g/mol. The molecule has 0 saturated heterocycles. The summed E-state index contributed by atoms with van der Waals surface area (Å²) in [6.45, 7) is 2.70. The van der Waals surface area contributed by atoms with Crippen molar-refractivity contribution >= 4 is 0 Å². The summed E-state index contributed by atoms with van der Waals surface area (Å²) in [5, 5.41) is 3.32. The molecular weight excluding hydrogens is 250 g/mol. The molecule has 1 saturated carbocycles. The SMILES string of the molecule is CNC1(COc2cnc(C)c(-c3cccnc3)c2)CC1. The van der Waals surface area contributed by atoms with E-state index in [0.29, 0.717) is 6.61 Å². The van der Waals surface area contributed by atoms with Crippen LogP contribution in [0, 0.1) is 6.92 Å². The van der Waals surface area contributed by atoms with Crippen molar-refractivity contribution in [3.8, 4) is 16.9 Å². The van der Waals surface area contributed by atoms with E-state index in [4.69, 9.17) is 4.74 Å². The fourth-order valence-electron chi connectivity index (χ4n) is 2.25. The van der Waals surface area contributed by atoms with E-state index in [1.54, 1.807) is 12.4 Å². The molecule has 1 aliphatic carbocycles. The highest BCUT2D eigenvalue weighted by Gasteiger charge is 2.41. The number of aromatic nitrogens is 2. The summed E-state index contributed by atoms with van der Waals surface area (Å²) < 4.78 is 5.90. The molecule has 0 spiro atoms. The number of nitrogens with one attached hydrogen (secondary N) is 1. The van der Waals surface area contributed by atoms with Crippen molar-refractivity contribution in [1.82, 2.24) is 15.3 Å². The average Bonchev–Trinajstić information content (AvgIpc) is 3.28. The maximum absolute atomic E-state index is 5.90. The third-order valence-corrected chi connectivity index (χ3v) is 3.93. The smallest absolute Gasteiger partial charge is 0.138 e. The number of nitrogens with zero attached hydrogens (tertiary/aromatic N) is 2. The van der Waals surface area contributed by atoms with E-state index in [-0.39, 0.29) is 5.54 Å². The molecule has 4 nitrogen and oxygen atoms in total. The van der Waals surface area contributed by atoms with Crippen molar-refractivity contribution in [3.05, 3.63) is 42.5 Å². The summed E-state index contributed by atoms with van der Waals surface area (Å²) in [6, 6.07) is 6.02. The standard InChI is InChI=1S/C16H19N3O/c1-12-15(13-4-3-7-18-9-13)8-14(10-19-12)20-11-16(17-2)5-6-16/h3-4,7-10,17H,5-6,11H2,1-2H3. The minimum atomic E-state index is 0.180. The van der Waals surface area contributed by atoms with Crippen LogP contribution in [0.2, 0.25) is 0 Å². The molecule has 0 bridgehead atoms. The van der Waals surface area contributed by atoms with Crippen LogP contribution in [0.15, 0.2) is 36.8 Å². The maximum atomic E-state index is 5.90. The Hall–Kier alpha value is -1.94. The van der Waals surface area contributed by atoms with Gasteiger partial charge in [-0.05, 0) is 38.9 Å². The van der Waals surface area contributed by atoms with Crippen LogP contribution in [-0.4, -0.2) is 29.2 Å². The van der Waals surface area contributed by atoms with Crippen LogP contribution >= 0.6 is 0 Å². The predicted molar refractivity (Wildman–Crippen MR) is 78.7 cm³/mol. The van der Waals surface area contributed by atoms with E-state index in [0.717, 1.165) is 22.6 Å². The zero-order chi connectivity index (χ0) is 14.0. The van der Waals surface area contributed by atoms with E-state index >= 15 is 0 Å². The number of hydrogen-bond acceptors (Lipinski definition) is 4. The van der Waals surface area contributed by atoms with Gasteiger partial charge in [-0.3, -0.25) is 9.97 Å². The molecule has 0 aromatic carbocycles. The highest BCUT2D eigenvalue weighted by atomic mass is 16.5. The maximum Gasteiger partial charge on any atom is 0.138 e. The summed E-state index contributed by atoms with van der Waals surface area (Å²) in [5.74, 6) is 0.816. The zero-order valence-corrected chi connectivity index (χ0v) is 11.9. The first-order valence-electron chi connectivity index (χ1n) is 6.91. The highest BCUT2D eigenvalue weighted by Crippen LogP contribution is 2.35. The third kappa shape index (κ3) is 2.65. The minimum Gasteiger partial charge on any atom is -0.490 e. The Balaban J connectivity index is 1.80. The summed E-state index contributed by atoms with van der Waals surface area (Å²) in [5.41, 5.74) is 3.31. The second-order valence-corrected chi connectivity index (χ2v) is 5.36. The number of rotatable bonds is 5. The van der Waals surface area contributed by atoms with Gasteiger partial charge in [-0.15, -0.1) is 0 Å². The number of aryl methyl sites for hydroxylation is 1. The molecule has 2 aromatic heterocycles. The van der Waals surface area contributed by atoms with E-state index < -0.39 is 0 Å². The molecule has 104 valence electrons. The molecule has 4 heteroatoms. The van der Waals surface area contributed by atoms with Crippen molar-refractivity contribution < 1.29 is 4.74 Å². The average molecular weight is 269 g/mol. The van der Waals surface area contributed by atoms with Gasteiger partial charge >= 0.3 is 0 Å². The van der Waals surface area contributed by atoms with E-state index in [1.807, 2.05) is 38.4 Å². The first-order chi connectivity index (χ1) is 9.72. The Morgan fingerprint density at radius 2 is 2.20 bits per heavy atom. The van der Waals surface area contributed by atoms with Gasteiger partial charge in [0.1, 0.15) is 12.4 Å². The Kier molecular flexibility index (Phi) is 3.40. The summed E-state index contributed by atoms with van der Waals surface area (Å²) in [6.07, 6.45) is 7.78. The van der Waals surface area contributed by atoms with Gasteiger partial charge in [-0.25, -0.2) is 0 Å². The van der Waals surface area contributed by atoms with Gasteiger partial charge in [0.15, 0.2) is 0 Å². The lowest BCUT2D eigenvalue weighted by Gasteiger charge is -2.16. The Bertz CT molecular complexity index is 594. The van der Waals surface area contributed by atoms with Gasteiger partial charge in [-0.1, -0.05) is 6.07 Å². The zero-order valence-electron chi connectivity index (χ0n) is 11.9. The van der Waals surface area contributed by atoms with Crippen LogP contribution in [0.4, 0.5) is 0 Å². The summed E-state index contributed by atoms with van der Waals surface area (Å²) >= 11 is 0. The Morgan fingerprint density at radius 1 is 1.35 bits per heavy atom. The predicted octanol–water partition coefficient (Wildman–Crippen LogP) is 2.58. The summed E-state index contributed by atoms with van der Waals surface area (Å²) in [7, 11) is 1.99. The number of pyridine rings is 2. The molecule has 1 aliphatic rings. The summed E-state index contributed by atoms with van der Waals surface area (Å²) in [4.78, 5) is 8.59. The third-order valence-electron chi connectivity index (χ3n) is 3.93. The molecule has 2 aromatic rings. The van der Waals surface area contributed by atoms with Crippen molar-refractivity contribution in [3.63, 3.8) is 0 Å². The van der Waals surface area contributed by atoms with Gasteiger partial charge in [0.25, 0.3) is 0 Å². The first-order valence-corrected chi connectivity index (χ1v) is 6.91. The van der Waals surface area contributed by atoms with Gasteiger partial charge in [0, 0.05) is 29.2 Å². The first kappa shape index (κ1) is 13.1. The lowest BCUT2D eigenvalue weighted by molar-refractivity contribution is 0.259. The Labute approximate surface area is 119 Å². The van der Waals surface area contributed by atoms with Gasteiger partial charge in [0.2, 0.25) is 0 Å². The molecule has 2 heterocycles. The molecule has 1 N–H and O–H groups in total. The van der Waals surface area contributed by atoms with Crippen molar-refractivity contribution in [2.24, 2.45) is 0 Å².